The third-order valence-corrected chi connectivity index (χ3v) is 2.37. The van der Waals surface area contributed by atoms with Gasteiger partial charge in [0.1, 0.15) is 5.75 Å². The second kappa shape index (κ2) is 3.94. The second-order valence-corrected chi connectivity index (χ2v) is 3.84. The number of hydrogen-bond acceptors (Lipinski definition) is 2. The Labute approximate surface area is 86.2 Å². The summed E-state index contributed by atoms with van der Waals surface area (Å²) < 4.78 is 0.912. The standard InChI is InChI=1S/C10H12BrNO/c1-3-9(12)8-5-7(11)4-6(2)10(8)13/h3-5,9,13H,1,12H2,2H3. The Morgan fingerprint density at radius 3 is 2.77 bits per heavy atom. The summed E-state index contributed by atoms with van der Waals surface area (Å²) in [6.07, 6.45) is 1.60. The summed E-state index contributed by atoms with van der Waals surface area (Å²) in [6, 6.07) is 3.32. The average Bonchev–Trinajstić information content (AvgIpc) is 2.10. The van der Waals surface area contributed by atoms with Crippen LogP contribution in [-0.4, -0.2) is 5.11 Å². The van der Waals surface area contributed by atoms with Crippen LogP contribution in [-0.2, 0) is 0 Å². The lowest BCUT2D eigenvalue weighted by atomic mass is 10.0. The Kier molecular flexibility index (Phi) is 3.12. The molecule has 0 aromatic heterocycles. The van der Waals surface area contributed by atoms with Gasteiger partial charge in [-0.05, 0) is 24.6 Å². The van der Waals surface area contributed by atoms with Crippen molar-refractivity contribution in [1.29, 1.82) is 0 Å². The average molecular weight is 242 g/mol. The van der Waals surface area contributed by atoms with E-state index in [2.05, 4.69) is 22.5 Å². The maximum absolute atomic E-state index is 9.67. The zero-order valence-electron chi connectivity index (χ0n) is 7.42. The molecule has 0 saturated heterocycles. The number of benzene rings is 1. The van der Waals surface area contributed by atoms with Crippen LogP contribution in [0.5, 0.6) is 5.75 Å². The van der Waals surface area contributed by atoms with Crippen molar-refractivity contribution in [3.63, 3.8) is 0 Å². The van der Waals surface area contributed by atoms with Crippen LogP contribution in [0, 0.1) is 6.92 Å². The first-order valence-electron chi connectivity index (χ1n) is 3.93. The number of phenolic OH excluding ortho intramolecular Hbond substituents is 1. The van der Waals surface area contributed by atoms with Crippen LogP contribution in [0.3, 0.4) is 0 Å². The summed E-state index contributed by atoms with van der Waals surface area (Å²) in [5.41, 5.74) is 7.24. The number of nitrogens with two attached hydrogens (primary N) is 1. The molecule has 0 heterocycles. The van der Waals surface area contributed by atoms with E-state index in [9.17, 15) is 5.11 Å². The molecule has 1 aromatic rings. The lowest BCUT2D eigenvalue weighted by Gasteiger charge is -2.11. The van der Waals surface area contributed by atoms with Crippen molar-refractivity contribution in [2.24, 2.45) is 5.73 Å². The van der Waals surface area contributed by atoms with E-state index in [0.29, 0.717) is 5.56 Å². The summed E-state index contributed by atoms with van der Waals surface area (Å²) >= 11 is 3.34. The Morgan fingerprint density at radius 2 is 2.23 bits per heavy atom. The summed E-state index contributed by atoms with van der Waals surface area (Å²) in [7, 11) is 0. The number of hydrogen-bond donors (Lipinski definition) is 2. The molecule has 0 fully saturated rings. The number of halogens is 1. The molecule has 1 aromatic carbocycles. The van der Waals surface area contributed by atoms with Gasteiger partial charge in [-0.3, -0.25) is 0 Å². The zero-order valence-corrected chi connectivity index (χ0v) is 9.01. The summed E-state index contributed by atoms with van der Waals surface area (Å²) in [4.78, 5) is 0. The van der Waals surface area contributed by atoms with Crippen molar-refractivity contribution in [3.05, 3.63) is 40.4 Å². The van der Waals surface area contributed by atoms with Crippen LogP contribution >= 0.6 is 15.9 Å². The normalized spacial score (nSPS) is 12.5. The van der Waals surface area contributed by atoms with Gasteiger partial charge in [-0.2, -0.15) is 0 Å². The third-order valence-electron chi connectivity index (χ3n) is 1.91. The fourth-order valence-corrected chi connectivity index (χ4v) is 1.73. The Hall–Kier alpha value is -0.800. The van der Waals surface area contributed by atoms with Gasteiger partial charge in [0.15, 0.2) is 0 Å². The predicted octanol–water partition coefficient (Wildman–Crippen LogP) is 2.65. The molecule has 13 heavy (non-hydrogen) atoms. The van der Waals surface area contributed by atoms with Crippen LogP contribution in [0.2, 0.25) is 0 Å². The minimum atomic E-state index is -0.323. The van der Waals surface area contributed by atoms with E-state index >= 15 is 0 Å². The molecule has 3 N–H and O–H groups in total. The van der Waals surface area contributed by atoms with E-state index in [1.165, 1.54) is 0 Å². The van der Waals surface area contributed by atoms with E-state index in [1.54, 1.807) is 12.1 Å². The van der Waals surface area contributed by atoms with E-state index in [4.69, 9.17) is 5.73 Å². The molecule has 0 aliphatic carbocycles. The lowest BCUT2D eigenvalue weighted by Crippen LogP contribution is -2.07. The van der Waals surface area contributed by atoms with Crippen molar-refractivity contribution in [2.75, 3.05) is 0 Å². The SMILES string of the molecule is C=CC(N)c1cc(Br)cc(C)c1O. The van der Waals surface area contributed by atoms with E-state index < -0.39 is 0 Å². The first-order valence-corrected chi connectivity index (χ1v) is 4.72. The molecule has 3 heteroatoms. The molecule has 0 saturated carbocycles. The van der Waals surface area contributed by atoms with Crippen molar-refractivity contribution >= 4 is 15.9 Å². The highest BCUT2D eigenvalue weighted by Crippen LogP contribution is 2.30. The molecule has 0 spiro atoms. The fraction of sp³-hybridized carbons (Fsp3) is 0.200. The van der Waals surface area contributed by atoms with Gasteiger partial charge in [-0.15, -0.1) is 6.58 Å². The van der Waals surface area contributed by atoms with Gasteiger partial charge in [0, 0.05) is 10.0 Å². The van der Waals surface area contributed by atoms with Gasteiger partial charge in [0.25, 0.3) is 0 Å². The van der Waals surface area contributed by atoms with Gasteiger partial charge in [-0.1, -0.05) is 22.0 Å². The molecule has 1 unspecified atom stereocenters. The molecular formula is C10H12BrNO. The van der Waals surface area contributed by atoms with Crippen LogP contribution < -0.4 is 5.73 Å². The van der Waals surface area contributed by atoms with E-state index in [-0.39, 0.29) is 11.8 Å². The van der Waals surface area contributed by atoms with Gasteiger partial charge in [0.05, 0.1) is 6.04 Å². The Bertz CT molecular complexity index is 336. The molecular weight excluding hydrogens is 230 g/mol. The highest BCUT2D eigenvalue weighted by molar-refractivity contribution is 9.10. The minimum absolute atomic E-state index is 0.246. The first kappa shape index (κ1) is 10.3. The zero-order chi connectivity index (χ0) is 10.0. The van der Waals surface area contributed by atoms with Gasteiger partial charge >= 0.3 is 0 Å². The topological polar surface area (TPSA) is 46.2 Å². The molecule has 2 nitrogen and oxygen atoms in total. The van der Waals surface area contributed by atoms with Crippen LogP contribution in [0.25, 0.3) is 0 Å². The van der Waals surface area contributed by atoms with Crippen LogP contribution in [0.15, 0.2) is 29.3 Å². The maximum atomic E-state index is 9.67. The van der Waals surface area contributed by atoms with E-state index in [1.807, 2.05) is 13.0 Å². The smallest absolute Gasteiger partial charge is 0.123 e. The maximum Gasteiger partial charge on any atom is 0.123 e. The largest absolute Gasteiger partial charge is 0.507 e. The highest BCUT2D eigenvalue weighted by Gasteiger charge is 2.10. The third kappa shape index (κ3) is 2.11. The van der Waals surface area contributed by atoms with Gasteiger partial charge < -0.3 is 10.8 Å². The molecule has 0 aliphatic heterocycles. The molecule has 0 aliphatic rings. The van der Waals surface area contributed by atoms with Crippen LogP contribution in [0.1, 0.15) is 17.2 Å². The first-order chi connectivity index (χ1) is 6.06. The van der Waals surface area contributed by atoms with Gasteiger partial charge in [-0.25, -0.2) is 0 Å². The Balaban J connectivity index is 3.27. The Morgan fingerprint density at radius 1 is 1.62 bits per heavy atom. The van der Waals surface area contributed by atoms with Crippen molar-refractivity contribution in [1.82, 2.24) is 0 Å². The molecule has 70 valence electrons. The summed E-state index contributed by atoms with van der Waals surface area (Å²) in [6.45, 7) is 5.42. The lowest BCUT2D eigenvalue weighted by molar-refractivity contribution is 0.461. The van der Waals surface area contributed by atoms with Crippen molar-refractivity contribution in [2.45, 2.75) is 13.0 Å². The quantitative estimate of drug-likeness (QED) is 0.783. The molecule has 1 rings (SSSR count). The number of aromatic hydroxyl groups is 1. The second-order valence-electron chi connectivity index (χ2n) is 2.92. The number of phenols is 1. The van der Waals surface area contributed by atoms with Crippen LogP contribution in [0.4, 0.5) is 0 Å². The van der Waals surface area contributed by atoms with Crippen molar-refractivity contribution in [3.8, 4) is 5.75 Å². The summed E-state index contributed by atoms with van der Waals surface area (Å²) in [5.74, 6) is 0.246. The predicted molar refractivity (Wildman–Crippen MR) is 57.7 cm³/mol. The molecule has 0 radical (unpaired) electrons. The molecule has 0 amide bonds. The number of rotatable bonds is 2. The summed E-state index contributed by atoms with van der Waals surface area (Å²) in [5, 5.41) is 9.67. The fourth-order valence-electron chi connectivity index (χ4n) is 1.14. The van der Waals surface area contributed by atoms with Gasteiger partial charge in [0.2, 0.25) is 0 Å². The van der Waals surface area contributed by atoms with E-state index in [0.717, 1.165) is 10.0 Å². The molecule has 0 bridgehead atoms. The number of aryl methyl sites for hydroxylation is 1. The van der Waals surface area contributed by atoms with Crippen molar-refractivity contribution < 1.29 is 5.11 Å². The minimum Gasteiger partial charge on any atom is -0.507 e. The monoisotopic (exact) mass is 241 g/mol. The highest BCUT2D eigenvalue weighted by atomic mass is 79.9. The molecule has 1 atom stereocenters.